The molecule has 0 aliphatic carbocycles. The van der Waals surface area contributed by atoms with Gasteiger partial charge in [-0.2, -0.15) is 0 Å². The first-order chi connectivity index (χ1) is 12.5. The number of carbonyl (C=O) groups is 1. The minimum atomic E-state index is -0.499. The number of hydrogen-bond acceptors (Lipinski definition) is 4. The minimum absolute atomic E-state index is 0.0579. The molecule has 2 N–H and O–H groups in total. The second kappa shape index (κ2) is 7.59. The molecule has 0 fully saturated rings. The van der Waals surface area contributed by atoms with Crippen molar-refractivity contribution in [1.82, 2.24) is 5.32 Å². The van der Waals surface area contributed by atoms with Gasteiger partial charge in [-0.3, -0.25) is 20.2 Å². The highest BCUT2D eigenvalue weighted by Crippen LogP contribution is 2.26. The number of halogens is 1. The molecule has 0 aromatic heterocycles. The fourth-order valence-corrected chi connectivity index (χ4v) is 3.21. The average Bonchev–Trinajstić information content (AvgIpc) is 2.61. The summed E-state index contributed by atoms with van der Waals surface area (Å²) in [6, 6.07) is 16.9. The van der Waals surface area contributed by atoms with E-state index >= 15 is 0 Å². The third-order valence-electron chi connectivity index (χ3n) is 3.66. The van der Waals surface area contributed by atoms with Gasteiger partial charge in [-0.25, -0.2) is 0 Å². The second-order valence-corrected chi connectivity index (χ2v) is 6.62. The highest BCUT2D eigenvalue weighted by molar-refractivity contribution is 9.10. The van der Waals surface area contributed by atoms with Gasteiger partial charge in [0.2, 0.25) is 0 Å². The van der Waals surface area contributed by atoms with Gasteiger partial charge in [0.25, 0.3) is 11.6 Å². The van der Waals surface area contributed by atoms with Crippen molar-refractivity contribution in [3.05, 3.63) is 80.8 Å². The number of nitro groups is 1. The highest BCUT2D eigenvalue weighted by atomic mass is 79.9. The molecule has 0 saturated carbocycles. The fraction of sp³-hybridized carbons (Fsp3) is 0. The number of rotatable bonds is 3. The first-order valence-corrected chi connectivity index (χ1v) is 8.70. The Morgan fingerprint density at radius 3 is 2.50 bits per heavy atom. The molecule has 0 heterocycles. The highest BCUT2D eigenvalue weighted by Gasteiger charge is 2.13. The van der Waals surface area contributed by atoms with Crippen molar-refractivity contribution in [1.29, 1.82) is 0 Å². The molecule has 0 unspecified atom stereocenters. The number of nitrogens with one attached hydrogen (secondary N) is 2. The third kappa shape index (κ3) is 3.87. The van der Waals surface area contributed by atoms with Crippen LogP contribution < -0.4 is 10.6 Å². The zero-order chi connectivity index (χ0) is 18.7. The number of thiocarbonyl (C=S) groups is 1. The molecule has 6 nitrogen and oxygen atoms in total. The molecular weight excluding hydrogens is 418 g/mol. The summed E-state index contributed by atoms with van der Waals surface area (Å²) in [6.45, 7) is 0. The number of anilines is 1. The van der Waals surface area contributed by atoms with Crippen LogP contribution in [-0.2, 0) is 0 Å². The van der Waals surface area contributed by atoms with E-state index in [9.17, 15) is 14.9 Å². The normalized spacial score (nSPS) is 10.3. The summed E-state index contributed by atoms with van der Waals surface area (Å²) in [5.74, 6) is -0.364. The molecular formula is C18H12BrN3O3S. The summed E-state index contributed by atoms with van der Waals surface area (Å²) in [6.07, 6.45) is 0. The lowest BCUT2D eigenvalue weighted by molar-refractivity contribution is -0.384. The Morgan fingerprint density at radius 2 is 1.73 bits per heavy atom. The Hall–Kier alpha value is -2.84. The number of hydrogen-bond donors (Lipinski definition) is 2. The predicted octanol–water partition coefficient (Wildman–Crippen LogP) is 4.64. The van der Waals surface area contributed by atoms with Gasteiger partial charge in [0, 0.05) is 27.9 Å². The van der Waals surface area contributed by atoms with Crippen LogP contribution >= 0.6 is 28.1 Å². The van der Waals surface area contributed by atoms with Gasteiger partial charge in [-0.1, -0.05) is 46.3 Å². The molecule has 0 aliphatic heterocycles. The molecule has 3 rings (SSSR count). The van der Waals surface area contributed by atoms with E-state index in [1.54, 1.807) is 18.2 Å². The van der Waals surface area contributed by atoms with Gasteiger partial charge < -0.3 is 5.32 Å². The van der Waals surface area contributed by atoms with Crippen LogP contribution in [0.2, 0.25) is 0 Å². The van der Waals surface area contributed by atoms with Crippen LogP contribution in [-0.4, -0.2) is 15.9 Å². The maximum absolute atomic E-state index is 12.6. The SMILES string of the molecule is O=C(NC(=S)Nc1cccc([N+](=O)[O-])c1)c1cccc2c(Br)cccc12. The number of fused-ring (bicyclic) bond motifs is 1. The van der Waals surface area contributed by atoms with Crippen molar-refractivity contribution >= 4 is 61.3 Å². The van der Waals surface area contributed by atoms with Crippen LogP contribution in [0.3, 0.4) is 0 Å². The maximum Gasteiger partial charge on any atom is 0.271 e. The van der Waals surface area contributed by atoms with Crippen LogP contribution in [0.25, 0.3) is 10.8 Å². The van der Waals surface area contributed by atoms with Gasteiger partial charge in [-0.05, 0) is 41.2 Å². The molecule has 0 atom stereocenters. The summed E-state index contributed by atoms with van der Waals surface area (Å²) < 4.78 is 0.891. The largest absolute Gasteiger partial charge is 0.332 e. The Bertz CT molecular complexity index is 1040. The maximum atomic E-state index is 12.6. The fourth-order valence-electron chi connectivity index (χ4n) is 2.50. The molecule has 130 valence electrons. The summed E-state index contributed by atoms with van der Waals surface area (Å²) in [7, 11) is 0. The Labute approximate surface area is 162 Å². The van der Waals surface area contributed by atoms with Crippen molar-refractivity contribution < 1.29 is 9.72 Å². The number of non-ortho nitro benzene ring substituents is 1. The molecule has 3 aromatic rings. The number of nitrogens with zero attached hydrogens (tertiary/aromatic N) is 1. The van der Waals surface area contributed by atoms with Gasteiger partial charge in [0.15, 0.2) is 5.11 Å². The summed E-state index contributed by atoms with van der Waals surface area (Å²) in [5.41, 5.74) is 0.834. The molecule has 3 aromatic carbocycles. The van der Waals surface area contributed by atoms with Crippen LogP contribution in [0, 0.1) is 10.1 Å². The zero-order valence-electron chi connectivity index (χ0n) is 13.2. The van der Waals surface area contributed by atoms with E-state index in [0.717, 1.165) is 15.2 Å². The standard InChI is InChI=1S/C18H12BrN3O3S/c19-16-9-3-6-13-14(16)7-2-8-15(13)17(23)21-18(26)20-11-4-1-5-12(10-11)22(24)25/h1-10H,(H2,20,21,23,26). The Balaban J connectivity index is 1.78. The molecule has 0 radical (unpaired) electrons. The van der Waals surface area contributed by atoms with E-state index < -0.39 is 4.92 Å². The predicted molar refractivity (Wildman–Crippen MR) is 108 cm³/mol. The minimum Gasteiger partial charge on any atom is -0.332 e. The lowest BCUT2D eigenvalue weighted by Gasteiger charge is -2.11. The smallest absolute Gasteiger partial charge is 0.271 e. The quantitative estimate of drug-likeness (QED) is 0.360. The topological polar surface area (TPSA) is 84.3 Å². The zero-order valence-corrected chi connectivity index (χ0v) is 15.6. The van der Waals surface area contributed by atoms with Gasteiger partial charge >= 0.3 is 0 Å². The van der Waals surface area contributed by atoms with Crippen molar-refractivity contribution in [3.63, 3.8) is 0 Å². The van der Waals surface area contributed by atoms with Crippen molar-refractivity contribution in [3.8, 4) is 0 Å². The number of amides is 1. The number of carbonyl (C=O) groups excluding carboxylic acids is 1. The molecule has 1 amide bonds. The lowest BCUT2D eigenvalue weighted by atomic mass is 10.0. The van der Waals surface area contributed by atoms with Crippen molar-refractivity contribution in [2.75, 3.05) is 5.32 Å². The summed E-state index contributed by atoms with van der Waals surface area (Å²) in [5, 5.41) is 18.0. The number of nitro benzene ring substituents is 1. The van der Waals surface area contributed by atoms with E-state index in [1.165, 1.54) is 18.2 Å². The summed E-state index contributed by atoms with van der Waals surface area (Å²) in [4.78, 5) is 22.9. The second-order valence-electron chi connectivity index (χ2n) is 5.36. The average molecular weight is 430 g/mol. The monoisotopic (exact) mass is 429 g/mol. The van der Waals surface area contributed by atoms with E-state index in [0.29, 0.717) is 11.3 Å². The molecule has 8 heteroatoms. The molecule has 0 spiro atoms. The van der Waals surface area contributed by atoms with Crippen LogP contribution in [0.5, 0.6) is 0 Å². The van der Waals surface area contributed by atoms with E-state index in [1.807, 2.05) is 24.3 Å². The van der Waals surface area contributed by atoms with Gasteiger partial charge in [0.1, 0.15) is 0 Å². The van der Waals surface area contributed by atoms with E-state index in [-0.39, 0.29) is 16.7 Å². The van der Waals surface area contributed by atoms with Crippen molar-refractivity contribution in [2.24, 2.45) is 0 Å². The van der Waals surface area contributed by atoms with Crippen LogP contribution in [0.1, 0.15) is 10.4 Å². The summed E-state index contributed by atoms with van der Waals surface area (Å²) >= 11 is 8.62. The van der Waals surface area contributed by atoms with E-state index in [2.05, 4.69) is 26.6 Å². The Morgan fingerprint density at radius 1 is 1.04 bits per heavy atom. The first kappa shape index (κ1) is 18.0. The Kier molecular flexibility index (Phi) is 5.24. The molecule has 0 aliphatic rings. The first-order valence-electron chi connectivity index (χ1n) is 7.50. The van der Waals surface area contributed by atoms with Crippen LogP contribution in [0.15, 0.2) is 65.1 Å². The molecule has 0 bridgehead atoms. The molecule has 0 saturated heterocycles. The lowest BCUT2D eigenvalue weighted by Crippen LogP contribution is -2.34. The number of benzene rings is 3. The third-order valence-corrected chi connectivity index (χ3v) is 4.55. The van der Waals surface area contributed by atoms with Gasteiger partial charge in [-0.15, -0.1) is 0 Å². The van der Waals surface area contributed by atoms with Crippen LogP contribution in [0.4, 0.5) is 11.4 Å². The van der Waals surface area contributed by atoms with E-state index in [4.69, 9.17) is 12.2 Å². The van der Waals surface area contributed by atoms with Crippen molar-refractivity contribution in [2.45, 2.75) is 0 Å². The molecule has 26 heavy (non-hydrogen) atoms. The van der Waals surface area contributed by atoms with Gasteiger partial charge in [0.05, 0.1) is 4.92 Å².